The van der Waals surface area contributed by atoms with Crippen LogP contribution in [-0.4, -0.2) is 50.1 Å². The molecule has 0 spiro atoms. The normalized spacial score (nSPS) is 16.1. The zero-order valence-corrected chi connectivity index (χ0v) is 16.7. The Morgan fingerprint density at radius 3 is 2.44 bits per heavy atom. The van der Waals surface area contributed by atoms with Crippen molar-refractivity contribution in [3.63, 3.8) is 0 Å². The van der Waals surface area contributed by atoms with Gasteiger partial charge in [0.15, 0.2) is 0 Å². The minimum Gasteiger partial charge on any atom is -0.495 e. The lowest BCUT2D eigenvalue weighted by Gasteiger charge is -2.38. The van der Waals surface area contributed by atoms with Gasteiger partial charge in [0.05, 0.1) is 18.8 Å². The van der Waals surface area contributed by atoms with E-state index in [2.05, 4.69) is 34.2 Å². The van der Waals surface area contributed by atoms with E-state index in [0.29, 0.717) is 0 Å². The second kappa shape index (κ2) is 8.44. The van der Waals surface area contributed by atoms with E-state index >= 15 is 0 Å². The largest absolute Gasteiger partial charge is 0.495 e. The lowest BCUT2D eigenvalue weighted by molar-refractivity contribution is -0.120. The quantitative estimate of drug-likeness (QED) is 0.879. The number of para-hydroxylation sites is 2. The van der Waals surface area contributed by atoms with Gasteiger partial charge in [-0.2, -0.15) is 0 Å². The molecular formula is C22H29N3O2. The zero-order valence-electron chi connectivity index (χ0n) is 16.7. The summed E-state index contributed by atoms with van der Waals surface area (Å²) in [5.41, 5.74) is 4.31. The highest BCUT2D eigenvalue weighted by Crippen LogP contribution is 2.28. The molecule has 0 aromatic heterocycles. The molecule has 144 valence electrons. The fourth-order valence-corrected chi connectivity index (χ4v) is 3.60. The van der Waals surface area contributed by atoms with Gasteiger partial charge in [0.25, 0.3) is 0 Å². The summed E-state index contributed by atoms with van der Waals surface area (Å²) in [6, 6.07) is 14.0. The highest BCUT2D eigenvalue weighted by molar-refractivity contribution is 5.95. The molecule has 1 saturated heterocycles. The standard InChI is InChI=1S/C22H29N3O2/c1-16-9-10-19(17(2)15-16)23-22(26)18(3)24-11-13-25(14-12-24)20-7-5-6-8-21(20)27-4/h5-10,15,18H,11-14H2,1-4H3,(H,23,26)/t18-/m0/s1. The fraction of sp³-hybridized carbons (Fsp3) is 0.409. The average molecular weight is 367 g/mol. The maximum absolute atomic E-state index is 12.7. The molecular weight excluding hydrogens is 338 g/mol. The van der Waals surface area contributed by atoms with Crippen LogP contribution in [0.15, 0.2) is 42.5 Å². The Labute approximate surface area is 161 Å². The number of hydrogen-bond acceptors (Lipinski definition) is 4. The van der Waals surface area contributed by atoms with Crippen LogP contribution in [0.2, 0.25) is 0 Å². The first-order chi connectivity index (χ1) is 13.0. The van der Waals surface area contributed by atoms with Gasteiger partial charge < -0.3 is 15.0 Å². The number of nitrogens with one attached hydrogen (secondary N) is 1. The van der Waals surface area contributed by atoms with Crippen LogP contribution in [0.3, 0.4) is 0 Å². The van der Waals surface area contributed by atoms with Crippen LogP contribution in [-0.2, 0) is 4.79 Å². The van der Waals surface area contributed by atoms with Crippen molar-refractivity contribution in [2.75, 3.05) is 43.5 Å². The van der Waals surface area contributed by atoms with Crippen molar-refractivity contribution in [1.29, 1.82) is 0 Å². The van der Waals surface area contributed by atoms with Crippen LogP contribution >= 0.6 is 0 Å². The molecule has 2 aromatic carbocycles. The summed E-state index contributed by atoms with van der Waals surface area (Å²) < 4.78 is 5.48. The summed E-state index contributed by atoms with van der Waals surface area (Å²) in [5.74, 6) is 0.944. The van der Waals surface area contributed by atoms with Gasteiger partial charge in [-0.25, -0.2) is 0 Å². The molecule has 1 aliphatic rings. The van der Waals surface area contributed by atoms with E-state index in [-0.39, 0.29) is 11.9 Å². The van der Waals surface area contributed by atoms with E-state index in [0.717, 1.165) is 48.9 Å². The van der Waals surface area contributed by atoms with Gasteiger partial charge in [0.1, 0.15) is 5.75 Å². The molecule has 0 aliphatic carbocycles. The van der Waals surface area contributed by atoms with E-state index in [1.807, 2.05) is 44.2 Å². The SMILES string of the molecule is COc1ccccc1N1CCN([C@@H](C)C(=O)Nc2ccc(C)cc2C)CC1. The van der Waals surface area contributed by atoms with Crippen LogP contribution in [0.4, 0.5) is 11.4 Å². The van der Waals surface area contributed by atoms with Gasteiger partial charge >= 0.3 is 0 Å². The second-order valence-corrected chi connectivity index (χ2v) is 7.18. The Hall–Kier alpha value is -2.53. The maximum atomic E-state index is 12.7. The van der Waals surface area contributed by atoms with Gasteiger partial charge in [-0.3, -0.25) is 9.69 Å². The third-order valence-electron chi connectivity index (χ3n) is 5.31. The smallest absolute Gasteiger partial charge is 0.241 e. The van der Waals surface area contributed by atoms with E-state index in [4.69, 9.17) is 4.74 Å². The van der Waals surface area contributed by atoms with Crippen molar-refractivity contribution in [2.45, 2.75) is 26.8 Å². The van der Waals surface area contributed by atoms with Gasteiger partial charge in [-0.05, 0) is 44.5 Å². The summed E-state index contributed by atoms with van der Waals surface area (Å²) >= 11 is 0. The van der Waals surface area contributed by atoms with E-state index < -0.39 is 0 Å². The van der Waals surface area contributed by atoms with Crippen molar-refractivity contribution in [2.24, 2.45) is 0 Å². The number of piperazine rings is 1. The summed E-state index contributed by atoms with van der Waals surface area (Å²) in [6.45, 7) is 9.52. The topological polar surface area (TPSA) is 44.8 Å². The van der Waals surface area contributed by atoms with E-state index in [1.165, 1.54) is 5.56 Å². The fourth-order valence-electron chi connectivity index (χ4n) is 3.60. The molecule has 5 nitrogen and oxygen atoms in total. The molecule has 0 radical (unpaired) electrons. The van der Waals surface area contributed by atoms with Crippen LogP contribution in [0, 0.1) is 13.8 Å². The van der Waals surface area contributed by atoms with Crippen LogP contribution in [0.1, 0.15) is 18.1 Å². The van der Waals surface area contributed by atoms with Crippen molar-refractivity contribution in [1.82, 2.24) is 4.90 Å². The Morgan fingerprint density at radius 2 is 1.78 bits per heavy atom. The van der Waals surface area contributed by atoms with Crippen molar-refractivity contribution < 1.29 is 9.53 Å². The molecule has 0 unspecified atom stereocenters. The van der Waals surface area contributed by atoms with Gasteiger partial charge in [0.2, 0.25) is 5.91 Å². The molecule has 1 fully saturated rings. The molecule has 0 bridgehead atoms. The van der Waals surface area contributed by atoms with Crippen LogP contribution in [0.25, 0.3) is 0 Å². The minimum absolute atomic E-state index is 0.0488. The zero-order chi connectivity index (χ0) is 19.4. The Balaban J connectivity index is 1.59. The molecule has 1 amide bonds. The van der Waals surface area contributed by atoms with E-state index in [1.54, 1.807) is 7.11 Å². The number of amides is 1. The predicted molar refractivity (Wildman–Crippen MR) is 111 cm³/mol. The highest BCUT2D eigenvalue weighted by atomic mass is 16.5. The molecule has 2 aromatic rings. The number of nitrogens with zero attached hydrogens (tertiary/aromatic N) is 2. The average Bonchev–Trinajstić information content (AvgIpc) is 2.69. The first kappa shape index (κ1) is 19.2. The Morgan fingerprint density at radius 1 is 1.07 bits per heavy atom. The maximum Gasteiger partial charge on any atom is 0.241 e. The lowest BCUT2D eigenvalue weighted by atomic mass is 10.1. The number of carbonyl (C=O) groups excluding carboxylic acids is 1. The summed E-state index contributed by atoms with van der Waals surface area (Å²) in [6.07, 6.45) is 0. The molecule has 1 heterocycles. The van der Waals surface area contributed by atoms with Crippen LogP contribution < -0.4 is 15.0 Å². The molecule has 5 heteroatoms. The molecule has 1 atom stereocenters. The number of anilines is 2. The lowest BCUT2D eigenvalue weighted by Crippen LogP contribution is -2.52. The molecule has 1 aliphatic heterocycles. The minimum atomic E-state index is -0.162. The number of methoxy groups -OCH3 is 1. The van der Waals surface area contributed by atoms with Crippen molar-refractivity contribution in [3.05, 3.63) is 53.6 Å². The number of rotatable bonds is 5. The monoisotopic (exact) mass is 367 g/mol. The third-order valence-corrected chi connectivity index (χ3v) is 5.31. The molecule has 3 rings (SSSR count). The summed E-state index contributed by atoms with van der Waals surface area (Å²) in [5, 5.41) is 3.08. The molecule has 0 saturated carbocycles. The first-order valence-corrected chi connectivity index (χ1v) is 9.49. The highest BCUT2D eigenvalue weighted by Gasteiger charge is 2.26. The predicted octanol–water partition coefficient (Wildman–Crippen LogP) is 3.46. The number of carbonyl (C=O) groups is 1. The molecule has 1 N–H and O–H groups in total. The van der Waals surface area contributed by atoms with E-state index in [9.17, 15) is 4.79 Å². The van der Waals surface area contributed by atoms with Gasteiger partial charge in [-0.15, -0.1) is 0 Å². The molecule has 27 heavy (non-hydrogen) atoms. The second-order valence-electron chi connectivity index (χ2n) is 7.18. The Bertz CT molecular complexity index is 798. The van der Waals surface area contributed by atoms with Crippen molar-refractivity contribution >= 4 is 17.3 Å². The Kier molecular flexibility index (Phi) is 6.01. The van der Waals surface area contributed by atoms with Gasteiger partial charge in [0, 0.05) is 31.9 Å². The number of ether oxygens (including phenoxy) is 1. The number of aryl methyl sites for hydroxylation is 2. The first-order valence-electron chi connectivity index (χ1n) is 9.49. The summed E-state index contributed by atoms with van der Waals surface area (Å²) in [7, 11) is 1.70. The van der Waals surface area contributed by atoms with Crippen molar-refractivity contribution in [3.8, 4) is 5.75 Å². The number of hydrogen-bond donors (Lipinski definition) is 1. The number of benzene rings is 2. The van der Waals surface area contributed by atoms with Crippen LogP contribution in [0.5, 0.6) is 5.75 Å². The van der Waals surface area contributed by atoms with Gasteiger partial charge in [-0.1, -0.05) is 29.8 Å². The summed E-state index contributed by atoms with van der Waals surface area (Å²) in [4.78, 5) is 17.3. The third kappa shape index (κ3) is 4.42.